The Kier molecular flexibility index (Phi) is 4.28. The zero-order valence-electron chi connectivity index (χ0n) is 10.3. The van der Waals surface area contributed by atoms with Crippen molar-refractivity contribution < 1.29 is 4.79 Å². The highest BCUT2D eigenvalue weighted by Crippen LogP contribution is 2.16. The Bertz CT molecular complexity index is 389. The van der Waals surface area contributed by atoms with Crippen LogP contribution in [-0.2, 0) is 4.79 Å². The lowest BCUT2D eigenvalue weighted by Gasteiger charge is -2.13. The van der Waals surface area contributed by atoms with Gasteiger partial charge < -0.3 is 5.32 Å². The molecule has 0 spiro atoms. The second-order valence-electron chi connectivity index (χ2n) is 4.13. The van der Waals surface area contributed by atoms with Crippen LogP contribution in [0.4, 0.5) is 5.82 Å². The Morgan fingerprint density at radius 1 is 1.62 bits per heavy atom. The van der Waals surface area contributed by atoms with E-state index in [9.17, 15) is 4.79 Å². The van der Waals surface area contributed by atoms with Crippen LogP contribution in [0.2, 0.25) is 0 Å². The van der Waals surface area contributed by atoms with Gasteiger partial charge in [0.2, 0.25) is 5.91 Å². The van der Waals surface area contributed by atoms with E-state index in [1.165, 1.54) is 0 Å². The lowest BCUT2D eigenvalue weighted by molar-refractivity contribution is -0.112. The summed E-state index contributed by atoms with van der Waals surface area (Å²) in [4.78, 5) is 11.6. The summed E-state index contributed by atoms with van der Waals surface area (Å²) in [6.07, 6.45) is 4.26. The van der Waals surface area contributed by atoms with Gasteiger partial charge in [-0.3, -0.25) is 4.79 Å². The molecular formula is C12H19N3O. The summed E-state index contributed by atoms with van der Waals surface area (Å²) in [7, 11) is 0. The maximum Gasteiger partial charge on any atom is 0.249 e. The number of hydrogen-bond acceptors (Lipinski definition) is 2. The highest BCUT2D eigenvalue weighted by atomic mass is 16.1. The van der Waals surface area contributed by atoms with Crippen molar-refractivity contribution in [1.29, 1.82) is 0 Å². The van der Waals surface area contributed by atoms with Gasteiger partial charge >= 0.3 is 0 Å². The Balaban J connectivity index is 2.78. The molecule has 1 atom stereocenters. The molecule has 1 aromatic rings. The molecule has 0 aliphatic rings. The van der Waals surface area contributed by atoms with Gasteiger partial charge in [-0.25, -0.2) is 4.68 Å². The number of amides is 1. The highest BCUT2D eigenvalue weighted by molar-refractivity contribution is 5.99. The summed E-state index contributed by atoms with van der Waals surface area (Å²) < 4.78 is 1.83. The minimum Gasteiger partial charge on any atom is -0.307 e. The first-order chi connectivity index (χ1) is 7.54. The van der Waals surface area contributed by atoms with Crippen LogP contribution in [0.3, 0.4) is 0 Å². The molecule has 4 heteroatoms. The van der Waals surface area contributed by atoms with Crippen LogP contribution < -0.4 is 5.32 Å². The van der Waals surface area contributed by atoms with Crippen LogP contribution in [0.1, 0.15) is 40.2 Å². The topological polar surface area (TPSA) is 46.9 Å². The first-order valence-corrected chi connectivity index (χ1v) is 5.54. The Hall–Kier alpha value is -1.58. The smallest absolute Gasteiger partial charge is 0.249 e. The third kappa shape index (κ3) is 3.22. The largest absolute Gasteiger partial charge is 0.307 e. The lowest BCUT2D eigenvalue weighted by Crippen LogP contribution is -2.15. The number of carbonyl (C=O) groups excluding carboxylic acids is 1. The van der Waals surface area contributed by atoms with Gasteiger partial charge in [-0.2, -0.15) is 5.10 Å². The standard InChI is InChI=1S/C12H19N3O/c1-5-10(4)15-11(6-7-13-15)14-12(16)8-9(2)3/h6-8,10H,5H2,1-4H3,(H,14,16). The van der Waals surface area contributed by atoms with E-state index in [0.717, 1.165) is 17.8 Å². The van der Waals surface area contributed by atoms with E-state index in [-0.39, 0.29) is 11.9 Å². The van der Waals surface area contributed by atoms with Crippen molar-refractivity contribution in [3.8, 4) is 0 Å². The van der Waals surface area contributed by atoms with Gasteiger partial charge in [-0.05, 0) is 27.2 Å². The average molecular weight is 221 g/mol. The van der Waals surface area contributed by atoms with Crippen molar-refractivity contribution >= 4 is 11.7 Å². The van der Waals surface area contributed by atoms with E-state index < -0.39 is 0 Å². The summed E-state index contributed by atoms with van der Waals surface area (Å²) in [5, 5.41) is 7.02. The van der Waals surface area contributed by atoms with E-state index in [1.54, 1.807) is 12.3 Å². The minimum atomic E-state index is -0.106. The molecule has 4 nitrogen and oxygen atoms in total. The molecule has 0 saturated carbocycles. The fourth-order valence-electron chi connectivity index (χ4n) is 1.36. The molecule has 88 valence electrons. The van der Waals surface area contributed by atoms with E-state index in [0.29, 0.717) is 0 Å². The summed E-state index contributed by atoms with van der Waals surface area (Å²) >= 11 is 0. The number of nitrogens with zero attached hydrogens (tertiary/aromatic N) is 2. The van der Waals surface area contributed by atoms with Crippen molar-refractivity contribution in [2.75, 3.05) is 5.32 Å². The minimum absolute atomic E-state index is 0.106. The van der Waals surface area contributed by atoms with Crippen LogP contribution in [0.5, 0.6) is 0 Å². The molecule has 0 aliphatic heterocycles. The van der Waals surface area contributed by atoms with Crippen molar-refractivity contribution in [2.45, 2.75) is 40.2 Å². The molecule has 1 amide bonds. The lowest BCUT2D eigenvalue weighted by atomic mass is 10.3. The van der Waals surface area contributed by atoms with Crippen LogP contribution >= 0.6 is 0 Å². The average Bonchev–Trinajstić information content (AvgIpc) is 2.63. The molecule has 0 radical (unpaired) electrons. The zero-order valence-corrected chi connectivity index (χ0v) is 10.3. The summed E-state index contributed by atoms with van der Waals surface area (Å²) in [6.45, 7) is 7.95. The molecule has 1 aromatic heterocycles. The predicted octanol–water partition coefficient (Wildman–Crippen LogP) is 2.76. The third-order valence-corrected chi connectivity index (χ3v) is 2.35. The van der Waals surface area contributed by atoms with Gasteiger partial charge in [0.1, 0.15) is 5.82 Å². The Morgan fingerprint density at radius 2 is 2.31 bits per heavy atom. The van der Waals surface area contributed by atoms with Gasteiger partial charge in [-0.15, -0.1) is 0 Å². The maximum absolute atomic E-state index is 11.6. The second-order valence-corrected chi connectivity index (χ2v) is 4.13. The molecular weight excluding hydrogens is 202 g/mol. The van der Waals surface area contributed by atoms with Gasteiger partial charge in [0, 0.05) is 12.1 Å². The maximum atomic E-state index is 11.6. The van der Waals surface area contributed by atoms with E-state index in [2.05, 4.69) is 24.3 Å². The molecule has 16 heavy (non-hydrogen) atoms. The summed E-state index contributed by atoms with van der Waals surface area (Å²) in [5.41, 5.74) is 0.979. The van der Waals surface area contributed by atoms with Gasteiger partial charge in [-0.1, -0.05) is 12.5 Å². The van der Waals surface area contributed by atoms with Crippen LogP contribution in [0.15, 0.2) is 23.9 Å². The monoisotopic (exact) mass is 221 g/mol. The van der Waals surface area contributed by atoms with Gasteiger partial charge in [0.25, 0.3) is 0 Å². The number of hydrogen-bond donors (Lipinski definition) is 1. The van der Waals surface area contributed by atoms with Crippen LogP contribution in [-0.4, -0.2) is 15.7 Å². The van der Waals surface area contributed by atoms with Crippen LogP contribution in [0, 0.1) is 0 Å². The SMILES string of the molecule is CCC(C)n1nccc1NC(=O)C=C(C)C. The zero-order chi connectivity index (χ0) is 12.1. The van der Waals surface area contributed by atoms with Crippen molar-refractivity contribution in [1.82, 2.24) is 9.78 Å². The number of carbonyl (C=O) groups is 1. The highest BCUT2D eigenvalue weighted by Gasteiger charge is 2.09. The number of rotatable bonds is 4. The van der Waals surface area contributed by atoms with Crippen molar-refractivity contribution in [3.63, 3.8) is 0 Å². The molecule has 0 fully saturated rings. The number of nitrogens with one attached hydrogen (secondary N) is 1. The second kappa shape index (κ2) is 5.49. The van der Waals surface area contributed by atoms with Crippen molar-refractivity contribution in [2.24, 2.45) is 0 Å². The van der Waals surface area contributed by atoms with Gasteiger partial charge in [0.15, 0.2) is 0 Å². The molecule has 0 aliphatic carbocycles. The molecule has 1 rings (SSSR count). The van der Waals surface area contributed by atoms with E-state index in [1.807, 2.05) is 24.6 Å². The first kappa shape index (κ1) is 12.5. The molecule has 0 saturated heterocycles. The molecule has 1 N–H and O–H groups in total. The molecule has 0 bridgehead atoms. The Morgan fingerprint density at radius 3 is 2.88 bits per heavy atom. The summed E-state index contributed by atoms with van der Waals surface area (Å²) in [5.74, 6) is 0.641. The van der Waals surface area contributed by atoms with E-state index >= 15 is 0 Å². The molecule has 1 heterocycles. The normalized spacial score (nSPS) is 12.0. The molecule has 1 unspecified atom stereocenters. The summed E-state index contributed by atoms with van der Waals surface area (Å²) in [6, 6.07) is 2.10. The number of aromatic nitrogens is 2. The van der Waals surface area contributed by atoms with Crippen molar-refractivity contribution in [3.05, 3.63) is 23.9 Å². The number of allylic oxidation sites excluding steroid dienone is 1. The number of anilines is 1. The first-order valence-electron chi connectivity index (χ1n) is 5.54. The molecule has 0 aromatic carbocycles. The predicted molar refractivity (Wildman–Crippen MR) is 65.3 cm³/mol. The third-order valence-electron chi connectivity index (χ3n) is 2.35. The Labute approximate surface area is 96.3 Å². The van der Waals surface area contributed by atoms with E-state index in [4.69, 9.17) is 0 Å². The van der Waals surface area contributed by atoms with Crippen LogP contribution in [0.25, 0.3) is 0 Å². The van der Waals surface area contributed by atoms with Gasteiger partial charge in [0.05, 0.1) is 12.2 Å². The fourth-order valence-corrected chi connectivity index (χ4v) is 1.36. The fraction of sp³-hybridized carbons (Fsp3) is 0.500. The quantitative estimate of drug-likeness (QED) is 0.795.